The van der Waals surface area contributed by atoms with Gasteiger partial charge in [0.15, 0.2) is 11.5 Å². The Kier molecular flexibility index (Phi) is 3.45. The summed E-state index contributed by atoms with van der Waals surface area (Å²) < 4.78 is 19.2. The molecule has 1 amide bonds. The molecule has 6 heteroatoms. The summed E-state index contributed by atoms with van der Waals surface area (Å²) >= 11 is 0. The van der Waals surface area contributed by atoms with Crippen LogP contribution in [-0.2, 0) is 0 Å². The Bertz CT molecular complexity index is 886. The normalized spacial score (nSPS) is 16.7. The van der Waals surface area contributed by atoms with Crippen LogP contribution in [0.1, 0.15) is 41.0 Å². The van der Waals surface area contributed by atoms with Gasteiger partial charge in [-0.1, -0.05) is 19.1 Å². The summed E-state index contributed by atoms with van der Waals surface area (Å²) in [5.74, 6) is 0.138. The number of halogens is 1. The van der Waals surface area contributed by atoms with Crippen LogP contribution < -0.4 is 0 Å². The monoisotopic (exact) mass is 325 g/mol. The topological polar surface area (TPSA) is 62.1 Å². The van der Waals surface area contributed by atoms with E-state index in [-0.39, 0.29) is 17.8 Å². The molecular formula is C18H16FN3O2. The number of nitrogens with zero attached hydrogens (tertiary/aromatic N) is 2. The number of hydrogen-bond acceptors (Lipinski definition) is 3. The maximum Gasteiger partial charge on any atom is 0.275 e. The maximum absolute atomic E-state index is 13.8. The van der Waals surface area contributed by atoms with Crippen LogP contribution in [0.2, 0.25) is 0 Å². The van der Waals surface area contributed by atoms with Crippen LogP contribution in [0.25, 0.3) is 11.5 Å². The number of carbonyl (C=O) groups is 1. The van der Waals surface area contributed by atoms with Crippen molar-refractivity contribution in [2.45, 2.75) is 19.4 Å². The number of benzene rings is 1. The minimum Gasteiger partial charge on any atom is -0.463 e. The van der Waals surface area contributed by atoms with Gasteiger partial charge in [-0.05, 0) is 36.2 Å². The van der Waals surface area contributed by atoms with Crippen LogP contribution in [0.15, 0.2) is 47.1 Å². The molecule has 1 atom stereocenters. The number of aromatic nitrogens is 2. The molecule has 3 heterocycles. The smallest absolute Gasteiger partial charge is 0.275 e. The van der Waals surface area contributed by atoms with Crippen LogP contribution in [-0.4, -0.2) is 27.5 Å². The first-order valence-corrected chi connectivity index (χ1v) is 7.89. The molecule has 0 fully saturated rings. The third-order valence-electron chi connectivity index (χ3n) is 4.25. The molecule has 1 aromatic carbocycles. The van der Waals surface area contributed by atoms with Crippen LogP contribution in [0.4, 0.5) is 4.39 Å². The Hall–Kier alpha value is -2.89. The van der Waals surface area contributed by atoms with Gasteiger partial charge in [0.1, 0.15) is 11.5 Å². The van der Waals surface area contributed by atoms with Gasteiger partial charge in [0.25, 0.3) is 5.91 Å². The Morgan fingerprint density at radius 2 is 2.21 bits per heavy atom. The molecular weight excluding hydrogens is 309 g/mol. The van der Waals surface area contributed by atoms with E-state index in [9.17, 15) is 9.18 Å². The minimum absolute atomic E-state index is 0.143. The molecule has 0 saturated carbocycles. The fraction of sp³-hybridized carbons (Fsp3) is 0.222. The van der Waals surface area contributed by atoms with Gasteiger partial charge in [0.2, 0.25) is 0 Å². The molecule has 1 N–H and O–H groups in total. The molecule has 0 aliphatic carbocycles. The summed E-state index contributed by atoms with van der Waals surface area (Å²) in [5, 5.41) is 7.10. The summed E-state index contributed by atoms with van der Waals surface area (Å²) in [4.78, 5) is 14.5. The molecule has 1 aliphatic heterocycles. The molecule has 0 radical (unpaired) electrons. The number of fused-ring (bicyclic) bond motifs is 1. The van der Waals surface area contributed by atoms with Crippen molar-refractivity contribution in [2.75, 3.05) is 6.54 Å². The maximum atomic E-state index is 13.8. The van der Waals surface area contributed by atoms with E-state index in [1.54, 1.807) is 23.3 Å². The molecule has 1 aliphatic rings. The van der Waals surface area contributed by atoms with Gasteiger partial charge in [0.05, 0.1) is 12.3 Å². The summed E-state index contributed by atoms with van der Waals surface area (Å²) in [7, 11) is 0. The first-order chi connectivity index (χ1) is 11.7. The molecule has 24 heavy (non-hydrogen) atoms. The minimum atomic E-state index is -0.373. The SMILES string of the molecule is CCCN1C(=O)c2n[nH]c(-c3ccco3)c2[C@@H]1c1cccc(F)c1. The third kappa shape index (κ3) is 2.14. The predicted molar refractivity (Wildman–Crippen MR) is 85.9 cm³/mol. The average molecular weight is 325 g/mol. The lowest BCUT2D eigenvalue weighted by Gasteiger charge is -2.25. The van der Waals surface area contributed by atoms with Crippen molar-refractivity contribution >= 4 is 5.91 Å². The lowest BCUT2D eigenvalue weighted by Crippen LogP contribution is -2.30. The molecule has 0 saturated heterocycles. The lowest BCUT2D eigenvalue weighted by molar-refractivity contribution is 0.0743. The fourth-order valence-corrected chi connectivity index (χ4v) is 3.29. The predicted octanol–water partition coefficient (Wildman–Crippen LogP) is 3.76. The summed E-state index contributed by atoms with van der Waals surface area (Å²) in [6.07, 6.45) is 2.38. The highest BCUT2D eigenvalue weighted by molar-refractivity contribution is 5.99. The lowest BCUT2D eigenvalue weighted by atomic mass is 9.98. The Morgan fingerprint density at radius 3 is 2.92 bits per heavy atom. The van der Waals surface area contributed by atoms with Gasteiger partial charge in [-0.15, -0.1) is 0 Å². The number of aromatic amines is 1. The van der Waals surface area contributed by atoms with Crippen LogP contribution >= 0.6 is 0 Å². The van der Waals surface area contributed by atoms with E-state index in [2.05, 4.69) is 10.2 Å². The van der Waals surface area contributed by atoms with E-state index in [1.165, 1.54) is 12.1 Å². The van der Waals surface area contributed by atoms with Crippen LogP contribution in [0.5, 0.6) is 0 Å². The van der Waals surface area contributed by atoms with Crippen molar-refractivity contribution in [1.82, 2.24) is 15.1 Å². The highest BCUT2D eigenvalue weighted by Gasteiger charge is 2.42. The number of amides is 1. The van der Waals surface area contributed by atoms with Crippen molar-refractivity contribution in [3.05, 3.63) is 65.3 Å². The van der Waals surface area contributed by atoms with E-state index >= 15 is 0 Å². The zero-order valence-corrected chi connectivity index (χ0v) is 13.1. The number of hydrogen-bond donors (Lipinski definition) is 1. The average Bonchev–Trinajstić information content (AvgIpc) is 3.27. The number of carbonyl (C=O) groups excluding carboxylic acids is 1. The standard InChI is InChI=1S/C18H16FN3O2/c1-2-8-22-17(11-5-3-6-12(19)10-11)14-15(13-7-4-9-24-13)20-21-16(14)18(22)23/h3-7,9-10,17H,2,8H2,1H3,(H,20,21)/t17-/m0/s1. The Morgan fingerprint density at radius 1 is 1.33 bits per heavy atom. The number of furan rings is 1. The van der Waals surface area contributed by atoms with E-state index < -0.39 is 0 Å². The molecule has 122 valence electrons. The second kappa shape index (κ2) is 5.63. The van der Waals surface area contributed by atoms with Crippen molar-refractivity contribution in [1.29, 1.82) is 0 Å². The second-order valence-electron chi connectivity index (χ2n) is 5.79. The summed E-state index contributed by atoms with van der Waals surface area (Å²) in [6, 6.07) is 9.57. The van der Waals surface area contributed by atoms with Crippen LogP contribution in [0, 0.1) is 5.82 Å². The highest BCUT2D eigenvalue weighted by Crippen LogP contribution is 2.42. The van der Waals surface area contributed by atoms with Gasteiger partial charge < -0.3 is 9.32 Å². The molecule has 0 unspecified atom stereocenters. The Labute approximate surface area is 138 Å². The summed E-state index contributed by atoms with van der Waals surface area (Å²) in [6.45, 7) is 2.58. The van der Waals surface area contributed by atoms with Crippen molar-refractivity contribution in [3.63, 3.8) is 0 Å². The first-order valence-electron chi connectivity index (χ1n) is 7.89. The van der Waals surface area contributed by atoms with Gasteiger partial charge in [-0.3, -0.25) is 9.89 Å². The van der Waals surface area contributed by atoms with Gasteiger partial charge in [-0.2, -0.15) is 5.10 Å². The molecule has 0 spiro atoms. The van der Waals surface area contributed by atoms with Crippen molar-refractivity contribution in [2.24, 2.45) is 0 Å². The van der Waals surface area contributed by atoms with Crippen LogP contribution in [0.3, 0.4) is 0 Å². The molecule has 4 rings (SSSR count). The van der Waals surface area contributed by atoms with E-state index in [0.29, 0.717) is 23.7 Å². The van der Waals surface area contributed by atoms with Crippen molar-refractivity contribution in [3.8, 4) is 11.5 Å². The largest absolute Gasteiger partial charge is 0.463 e. The first kappa shape index (κ1) is 14.7. The Balaban J connectivity index is 1.90. The number of rotatable bonds is 4. The molecule has 2 aromatic heterocycles. The molecule has 5 nitrogen and oxygen atoms in total. The van der Waals surface area contributed by atoms with Gasteiger partial charge in [0, 0.05) is 12.1 Å². The fourth-order valence-electron chi connectivity index (χ4n) is 3.29. The van der Waals surface area contributed by atoms with E-state index in [4.69, 9.17) is 4.42 Å². The zero-order valence-electron chi connectivity index (χ0n) is 13.1. The summed E-state index contributed by atoms with van der Waals surface area (Å²) in [5.41, 5.74) is 2.51. The van der Waals surface area contributed by atoms with Crippen molar-refractivity contribution < 1.29 is 13.6 Å². The molecule has 3 aromatic rings. The van der Waals surface area contributed by atoms with Gasteiger partial charge >= 0.3 is 0 Å². The van der Waals surface area contributed by atoms with E-state index in [1.807, 2.05) is 19.1 Å². The highest BCUT2D eigenvalue weighted by atomic mass is 19.1. The number of nitrogens with one attached hydrogen (secondary N) is 1. The molecule has 0 bridgehead atoms. The second-order valence-corrected chi connectivity index (χ2v) is 5.79. The number of H-pyrrole nitrogens is 1. The quantitative estimate of drug-likeness (QED) is 0.794. The zero-order chi connectivity index (χ0) is 16.7. The third-order valence-corrected chi connectivity index (χ3v) is 4.25. The van der Waals surface area contributed by atoms with Gasteiger partial charge in [-0.25, -0.2) is 4.39 Å². The van der Waals surface area contributed by atoms with E-state index in [0.717, 1.165) is 17.5 Å².